The van der Waals surface area contributed by atoms with Gasteiger partial charge in [-0.15, -0.1) is 0 Å². The first-order valence-electron chi connectivity index (χ1n) is 7.16. The molecule has 6 heteroatoms. The van der Waals surface area contributed by atoms with Crippen LogP contribution in [-0.2, 0) is 9.59 Å². The Balaban J connectivity index is 1.81. The molecule has 1 N–H and O–H groups in total. The molecule has 0 saturated carbocycles. The number of para-hydroxylation sites is 1. The van der Waals surface area contributed by atoms with E-state index in [1.54, 1.807) is 30.3 Å². The fraction of sp³-hybridized carbons (Fsp3) is 0.118. The van der Waals surface area contributed by atoms with E-state index < -0.39 is 11.7 Å². The normalized spacial score (nSPS) is 14.4. The summed E-state index contributed by atoms with van der Waals surface area (Å²) in [6.07, 6.45) is 0.452. The molecule has 23 heavy (non-hydrogen) atoms. The van der Waals surface area contributed by atoms with E-state index in [4.69, 9.17) is 0 Å². The summed E-state index contributed by atoms with van der Waals surface area (Å²) < 4.78 is 13.2. The number of anilines is 2. The van der Waals surface area contributed by atoms with Crippen molar-refractivity contribution in [1.82, 2.24) is 0 Å². The number of nitrogens with one attached hydrogen (secondary N) is 1. The molecule has 2 aromatic rings. The van der Waals surface area contributed by atoms with Gasteiger partial charge in [-0.1, -0.05) is 24.3 Å². The highest BCUT2D eigenvalue weighted by Gasteiger charge is 2.25. The van der Waals surface area contributed by atoms with Crippen LogP contribution in [0.15, 0.2) is 59.7 Å². The van der Waals surface area contributed by atoms with Crippen molar-refractivity contribution >= 4 is 28.9 Å². The Morgan fingerprint density at radius 1 is 1.09 bits per heavy atom. The molecule has 1 aliphatic rings. The summed E-state index contributed by atoms with van der Waals surface area (Å²) in [5.74, 6) is -1.04. The summed E-state index contributed by atoms with van der Waals surface area (Å²) in [5.41, 5.74) is 1.19. The van der Waals surface area contributed by atoms with Crippen LogP contribution in [0.2, 0.25) is 0 Å². The lowest BCUT2D eigenvalue weighted by Gasteiger charge is -2.23. The van der Waals surface area contributed by atoms with Crippen LogP contribution in [0.3, 0.4) is 0 Å². The smallest absolute Gasteiger partial charge is 0.271 e. The molecule has 0 bridgehead atoms. The molecule has 0 atom stereocenters. The van der Waals surface area contributed by atoms with Crippen LogP contribution in [0.5, 0.6) is 0 Å². The molecule has 2 amide bonds. The molecule has 1 heterocycles. The van der Waals surface area contributed by atoms with Crippen molar-refractivity contribution in [2.75, 3.05) is 10.3 Å². The largest absolute Gasteiger partial charge is 0.321 e. The minimum absolute atomic E-state index is 0.168. The topological polar surface area (TPSA) is 61.8 Å². The highest BCUT2D eigenvalue weighted by molar-refractivity contribution is 6.44. The van der Waals surface area contributed by atoms with E-state index >= 15 is 0 Å². The van der Waals surface area contributed by atoms with E-state index in [1.807, 2.05) is 6.07 Å². The number of hydrogen-bond acceptors (Lipinski definition) is 3. The predicted octanol–water partition coefficient (Wildman–Crippen LogP) is 2.95. The van der Waals surface area contributed by atoms with Crippen LogP contribution in [-0.4, -0.2) is 17.5 Å². The van der Waals surface area contributed by atoms with Gasteiger partial charge in [0.2, 0.25) is 5.91 Å². The molecule has 0 fully saturated rings. The first-order chi connectivity index (χ1) is 11.1. The fourth-order valence-corrected chi connectivity index (χ4v) is 2.26. The van der Waals surface area contributed by atoms with Gasteiger partial charge in [-0.25, -0.2) is 9.40 Å². The highest BCUT2D eigenvalue weighted by atomic mass is 19.1. The van der Waals surface area contributed by atoms with Crippen LogP contribution in [0, 0.1) is 5.82 Å². The van der Waals surface area contributed by atoms with Crippen molar-refractivity contribution in [3.8, 4) is 0 Å². The minimum Gasteiger partial charge on any atom is -0.321 e. The first kappa shape index (κ1) is 14.9. The van der Waals surface area contributed by atoms with Gasteiger partial charge in [0.25, 0.3) is 5.91 Å². The van der Waals surface area contributed by atoms with Crippen molar-refractivity contribution in [2.24, 2.45) is 5.10 Å². The second kappa shape index (κ2) is 6.39. The zero-order valence-electron chi connectivity index (χ0n) is 12.2. The highest BCUT2D eigenvalue weighted by Crippen LogP contribution is 2.20. The average Bonchev–Trinajstić information content (AvgIpc) is 2.56. The second-order valence-electron chi connectivity index (χ2n) is 5.05. The quantitative estimate of drug-likeness (QED) is 0.947. The number of nitrogens with zero attached hydrogens (tertiary/aromatic N) is 2. The molecule has 2 aromatic carbocycles. The van der Waals surface area contributed by atoms with Gasteiger partial charge in [0.15, 0.2) is 0 Å². The van der Waals surface area contributed by atoms with E-state index in [9.17, 15) is 14.0 Å². The average molecular weight is 311 g/mol. The van der Waals surface area contributed by atoms with E-state index in [0.29, 0.717) is 11.4 Å². The van der Waals surface area contributed by atoms with E-state index in [2.05, 4.69) is 10.4 Å². The van der Waals surface area contributed by atoms with Crippen molar-refractivity contribution < 1.29 is 14.0 Å². The number of hydrogen-bond donors (Lipinski definition) is 1. The summed E-state index contributed by atoms with van der Waals surface area (Å²) in [7, 11) is 0. The van der Waals surface area contributed by atoms with Gasteiger partial charge in [0, 0.05) is 18.5 Å². The van der Waals surface area contributed by atoms with Crippen molar-refractivity contribution in [2.45, 2.75) is 12.8 Å². The third kappa shape index (κ3) is 3.42. The number of benzene rings is 2. The maximum atomic E-state index is 13.2. The van der Waals surface area contributed by atoms with E-state index in [1.165, 1.54) is 23.2 Å². The summed E-state index contributed by atoms with van der Waals surface area (Å²) in [6, 6.07) is 14.5. The Morgan fingerprint density at radius 3 is 2.61 bits per heavy atom. The number of amides is 2. The zero-order chi connectivity index (χ0) is 16.2. The maximum Gasteiger partial charge on any atom is 0.271 e. The summed E-state index contributed by atoms with van der Waals surface area (Å²) in [5, 5.41) is 7.96. The lowest BCUT2D eigenvalue weighted by molar-refractivity contribution is -0.118. The molecule has 116 valence electrons. The van der Waals surface area contributed by atoms with Gasteiger partial charge in [-0.05, 0) is 30.3 Å². The molecule has 0 saturated heterocycles. The Labute approximate surface area is 132 Å². The molecular formula is C17H14FN3O2. The van der Waals surface area contributed by atoms with Gasteiger partial charge in [0.1, 0.15) is 11.5 Å². The third-order valence-electron chi connectivity index (χ3n) is 3.38. The predicted molar refractivity (Wildman–Crippen MR) is 85.6 cm³/mol. The number of carbonyl (C=O) groups excluding carboxylic acids is 2. The molecule has 1 aliphatic heterocycles. The van der Waals surface area contributed by atoms with Crippen molar-refractivity contribution in [3.63, 3.8) is 0 Å². The number of rotatable bonds is 3. The number of halogens is 1. The fourth-order valence-electron chi connectivity index (χ4n) is 2.26. The monoisotopic (exact) mass is 311 g/mol. The maximum absolute atomic E-state index is 13.2. The molecule has 5 nitrogen and oxygen atoms in total. The van der Waals surface area contributed by atoms with Gasteiger partial charge in [-0.2, -0.15) is 5.10 Å². The lowest BCUT2D eigenvalue weighted by Crippen LogP contribution is -2.36. The van der Waals surface area contributed by atoms with Crippen LogP contribution < -0.4 is 10.3 Å². The SMILES string of the molecule is O=C(Nc1cccc(F)c1)C1=NN(c2ccccc2)C(=O)CC1. The number of hydrazone groups is 1. The summed E-state index contributed by atoms with van der Waals surface area (Å²) >= 11 is 0. The molecule has 0 radical (unpaired) electrons. The minimum atomic E-state index is -0.441. The van der Waals surface area contributed by atoms with Gasteiger partial charge >= 0.3 is 0 Å². The van der Waals surface area contributed by atoms with Gasteiger partial charge in [-0.3, -0.25) is 9.59 Å². The summed E-state index contributed by atoms with van der Waals surface area (Å²) in [4.78, 5) is 24.3. The van der Waals surface area contributed by atoms with Gasteiger partial charge < -0.3 is 5.32 Å². The Bertz CT molecular complexity index is 774. The Kier molecular flexibility index (Phi) is 4.14. The first-order valence-corrected chi connectivity index (χ1v) is 7.16. The van der Waals surface area contributed by atoms with Crippen LogP contribution in [0.4, 0.5) is 15.8 Å². The van der Waals surface area contributed by atoms with Crippen molar-refractivity contribution in [3.05, 3.63) is 60.4 Å². The van der Waals surface area contributed by atoms with Crippen LogP contribution in [0.25, 0.3) is 0 Å². The number of carbonyl (C=O) groups is 2. The molecule has 0 aliphatic carbocycles. The lowest BCUT2D eigenvalue weighted by atomic mass is 10.1. The van der Waals surface area contributed by atoms with Crippen LogP contribution in [0.1, 0.15) is 12.8 Å². The Morgan fingerprint density at radius 2 is 1.87 bits per heavy atom. The third-order valence-corrected chi connectivity index (χ3v) is 3.38. The van der Waals surface area contributed by atoms with Gasteiger partial charge in [0.05, 0.1) is 5.69 Å². The molecule has 0 spiro atoms. The Hall–Kier alpha value is -3.02. The van der Waals surface area contributed by atoms with Crippen LogP contribution >= 0.6 is 0 Å². The standard InChI is InChI=1S/C17H14FN3O2/c18-12-5-4-6-13(11-12)19-17(23)15-9-10-16(22)21(20-15)14-7-2-1-3-8-14/h1-8,11H,9-10H2,(H,19,23). The molecule has 0 aromatic heterocycles. The van der Waals surface area contributed by atoms with E-state index in [-0.39, 0.29) is 24.5 Å². The van der Waals surface area contributed by atoms with Crippen molar-refractivity contribution in [1.29, 1.82) is 0 Å². The zero-order valence-corrected chi connectivity index (χ0v) is 12.2. The second-order valence-corrected chi connectivity index (χ2v) is 5.05. The molecular weight excluding hydrogens is 297 g/mol. The molecule has 0 unspecified atom stereocenters. The van der Waals surface area contributed by atoms with E-state index in [0.717, 1.165) is 0 Å². The summed E-state index contributed by atoms with van der Waals surface area (Å²) in [6.45, 7) is 0. The molecule has 3 rings (SSSR count).